The van der Waals surface area contributed by atoms with Gasteiger partial charge in [-0.25, -0.2) is 4.98 Å². The van der Waals surface area contributed by atoms with Crippen LogP contribution in [-0.4, -0.2) is 30.6 Å². The van der Waals surface area contributed by atoms with Crippen LogP contribution < -0.4 is 5.32 Å². The van der Waals surface area contributed by atoms with Crippen LogP contribution in [0.1, 0.15) is 12.1 Å². The van der Waals surface area contributed by atoms with E-state index in [-0.39, 0.29) is 5.82 Å². The first-order chi connectivity index (χ1) is 8.54. The van der Waals surface area contributed by atoms with Gasteiger partial charge in [-0.15, -0.1) is 11.6 Å². The van der Waals surface area contributed by atoms with Crippen LogP contribution in [0.5, 0.6) is 0 Å². The van der Waals surface area contributed by atoms with E-state index in [0.717, 1.165) is 6.07 Å². The monoisotopic (exact) mass is 282 g/mol. The molecule has 0 saturated carbocycles. The summed E-state index contributed by atoms with van der Waals surface area (Å²) in [5.41, 5.74) is -0.897. The van der Waals surface area contributed by atoms with Gasteiger partial charge in [0.05, 0.1) is 6.61 Å². The van der Waals surface area contributed by atoms with Crippen LogP contribution in [0.4, 0.5) is 19.0 Å². The van der Waals surface area contributed by atoms with Crippen molar-refractivity contribution in [1.29, 1.82) is 0 Å². The molecule has 0 aliphatic rings. The minimum absolute atomic E-state index is 0.210. The zero-order valence-corrected chi connectivity index (χ0v) is 10.4. The topological polar surface area (TPSA) is 34.1 Å². The number of pyridine rings is 1. The molecule has 1 aromatic rings. The van der Waals surface area contributed by atoms with Gasteiger partial charge in [0.25, 0.3) is 0 Å². The quantitative estimate of drug-likeness (QED) is 0.616. The van der Waals surface area contributed by atoms with Crippen LogP contribution in [0.2, 0.25) is 0 Å². The Hall–Kier alpha value is -1.01. The van der Waals surface area contributed by atoms with Crippen molar-refractivity contribution in [2.24, 2.45) is 0 Å². The fraction of sp³-hybridized carbons (Fsp3) is 0.545. The molecule has 0 bridgehead atoms. The van der Waals surface area contributed by atoms with E-state index in [1.807, 2.05) is 0 Å². The van der Waals surface area contributed by atoms with Crippen molar-refractivity contribution < 1.29 is 17.9 Å². The normalized spacial score (nSPS) is 11.6. The van der Waals surface area contributed by atoms with Crippen molar-refractivity contribution in [2.45, 2.75) is 12.6 Å². The second kappa shape index (κ2) is 7.43. The van der Waals surface area contributed by atoms with Crippen molar-refractivity contribution in [2.75, 3.05) is 31.0 Å². The van der Waals surface area contributed by atoms with E-state index in [9.17, 15) is 13.2 Å². The number of rotatable bonds is 7. The van der Waals surface area contributed by atoms with Gasteiger partial charge in [-0.1, -0.05) is 6.07 Å². The van der Waals surface area contributed by atoms with Gasteiger partial charge in [-0.2, -0.15) is 13.2 Å². The Kier molecular flexibility index (Phi) is 6.21. The van der Waals surface area contributed by atoms with E-state index in [2.05, 4.69) is 10.3 Å². The largest absolute Gasteiger partial charge is 0.433 e. The smallest absolute Gasteiger partial charge is 0.380 e. The first-order valence-electron chi connectivity index (χ1n) is 5.46. The second-order valence-corrected chi connectivity index (χ2v) is 3.87. The number of alkyl halides is 4. The minimum atomic E-state index is -4.42. The van der Waals surface area contributed by atoms with Crippen LogP contribution in [0.3, 0.4) is 0 Å². The molecule has 0 fully saturated rings. The Bertz CT molecular complexity index is 360. The molecular formula is C11H14ClF3N2O. The number of halogens is 4. The average Bonchev–Trinajstić information content (AvgIpc) is 2.33. The predicted molar refractivity (Wildman–Crippen MR) is 63.9 cm³/mol. The molecule has 0 aliphatic heterocycles. The van der Waals surface area contributed by atoms with Gasteiger partial charge in [0, 0.05) is 19.0 Å². The molecular weight excluding hydrogens is 269 g/mol. The lowest BCUT2D eigenvalue weighted by atomic mass is 10.3. The number of aromatic nitrogens is 1. The summed E-state index contributed by atoms with van der Waals surface area (Å²) in [6.45, 7) is 1.48. The maximum Gasteiger partial charge on any atom is 0.433 e. The van der Waals surface area contributed by atoms with E-state index >= 15 is 0 Å². The lowest BCUT2D eigenvalue weighted by molar-refractivity contribution is -0.141. The summed E-state index contributed by atoms with van der Waals surface area (Å²) in [6, 6.07) is 3.76. The van der Waals surface area contributed by atoms with Gasteiger partial charge in [-0.3, -0.25) is 0 Å². The standard InChI is InChI=1S/C11H14ClF3N2O/c12-5-8-18-7-2-6-16-10-4-1-3-9(17-10)11(13,14)15/h1,3-4H,2,5-8H2,(H,16,17). The van der Waals surface area contributed by atoms with Crippen molar-refractivity contribution >= 4 is 17.4 Å². The highest BCUT2D eigenvalue weighted by molar-refractivity contribution is 6.17. The molecule has 1 aromatic heterocycles. The van der Waals surface area contributed by atoms with Crippen molar-refractivity contribution in [1.82, 2.24) is 4.98 Å². The Morgan fingerprint density at radius 3 is 2.72 bits per heavy atom. The third kappa shape index (κ3) is 5.55. The van der Waals surface area contributed by atoms with Gasteiger partial charge >= 0.3 is 6.18 Å². The summed E-state index contributed by atoms with van der Waals surface area (Å²) >= 11 is 5.41. The molecule has 0 amide bonds. The molecule has 18 heavy (non-hydrogen) atoms. The van der Waals surface area contributed by atoms with Crippen LogP contribution in [0, 0.1) is 0 Å². The summed E-state index contributed by atoms with van der Waals surface area (Å²) in [5.74, 6) is 0.643. The summed E-state index contributed by atoms with van der Waals surface area (Å²) in [7, 11) is 0. The summed E-state index contributed by atoms with van der Waals surface area (Å²) in [4.78, 5) is 3.48. The highest BCUT2D eigenvalue weighted by Crippen LogP contribution is 2.27. The number of hydrogen-bond donors (Lipinski definition) is 1. The van der Waals surface area contributed by atoms with Gasteiger partial charge in [-0.05, 0) is 18.6 Å². The molecule has 0 aliphatic carbocycles. The Morgan fingerprint density at radius 2 is 2.06 bits per heavy atom. The molecule has 7 heteroatoms. The second-order valence-electron chi connectivity index (χ2n) is 3.49. The van der Waals surface area contributed by atoms with E-state index in [1.54, 1.807) is 0 Å². The third-order valence-corrected chi connectivity index (χ3v) is 2.19. The Morgan fingerprint density at radius 1 is 1.28 bits per heavy atom. The fourth-order valence-electron chi connectivity index (χ4n) is 1.24. The molecule has 1 heterocycles. The number of anilines is 1. The highest BCUT2D eigenvalue weighted by atomic mass is 35.5. The molecule has 102 valence electrons. The first-order valence-corrected chi connectivity index (χ1v) is 5.99. The highest BCUT2D eigenvalue weighted by Gasteiger charge is 2.32. The molecule has 0 atom stereocenters. The number of ether oxygens (including phenoxy) is 1. The van der Waals surface area contributed by atoms with Crippen LogP contribution in [0.15, 0.2) is 18.2 Å². The molecule has 3 nitrogen and oxygen atoms in total. The van der Waals surface area contributed by atoms with Gasteiger partial charge in [0.1, 0.15) is 11.5 Å². The van der Waals surface area contributed by atoms with E-state index in [1.165, 1.54) is 12.1 Å². The Labute approximate surface area is 108 Å². The minimum Gasteiger partial charge on any atom is -0.380 e. The lowest BCUT2D eigenvalue weighted by Gasteiger charge is -2.09. The molecule has 1 rings (SSSR count). The van der Waals surface area contributed by atoms with Crippen molar-refractivity contribution in [3.63, 3.8) is 0 Å². The zero-order valence-electron chi connectivity index (χ0n) is 9.63. The van der Waals surface area contributed by atoms with Gasteiger partial charge in [0.15, 0.2) is 0 Å². The molecule has 0 unspecified atom stereocenters. The lowest BCUT2D eigenvalue weighted by Crippen LogP contribution is -2.11. The summed E-state index contributed by atoms with van der Waals surface area (Å²) in [5, 5.41) is 2.81. The third-order valence-electron chi connectivity index (χ3n) is 2.03. The maximum atomic E-state index is 12.4. The first kappa shape index (κ1) is 15.0. The summed E-state index contributed by atoms with van der Waals surface area (Å²) in [6.07, 6.45) is -3.74. The van der Waals surface area contributed by atoms with Gasteiger partial charge < -0.3 is 10.1 Å². The average molecular weight is 283 g/mol. The van der Waals surface area contributed by atoms with Gasteiger partial charge in [0.2, 0.25) is 0 Å². The van der Waals surface area contributed by atoms with Crippen LogP contribution in [0.25, 0.3) is 0 Å². The van der Waals surface area contributed by atoms with E-state index in [4.69, 9.17) is 16.3 Å². The SMILES string of the molecule is FC(F)(F)c1cccc(NCCCOCCCl)n1. The molecule has 0 spiro atoms. The number of hydrogen-bond acceptors (Lipinski definition) is 3. The molecule has 0 aromatic carbocycles. The Balaban J connectivity index is 2.34. The predicted octanol–water partition coefficient (Wildman–Crippen LogP) is 3.16. The van der Waals surface area contributed by atoms with Crippen LogP contribution >= 0.6 is 11.6 Å². The number of nitrogens with one attached hydrogen (secondary N) is 1. The number of nitrogens with zero attached hydrogens (tertiary/aromatic N) is 1. The fourth-order valence-corrected chi connectivity index (χ4v) is 1.35. The molecule has 0 saturated heterocycles. The maximum absolute atomic E-state index is 12.4. The van der Waals surface area contributed by atoms with Crippen molar-refractivity contribution in [3.05, 3.63) is 23.9 Å². The molecule has 0 radical (unpaired) electrons. The van der Waals surface area contributed by atoms with E-state index in [0.29, 0.717) is 32.1 Å². The van der Waals surface area contributed by atoms with E-state index < -0.39 is 11.9 Å². The van der Waals surface area contributed by atoms with Crippen LogP contribution in [-0.2, 0) is 10.9 Å². The van der Waals surface area contributed by atoms with Crippen molar-refractivity contribution in [3.8, 4) is 0 Å². The molecule has 1 N–H and O–H groups in total. The zero-order chi connectivity index (χ0) is 13.4. The summed E-state index contributed by atoms with van der Waals surface area (Å²) < 4.78 is 42.2.